The Hall–Kier alpha value is -2.35. The fourth-order valence-electron chi connectivity index (χ4n) is 3.74. The summed E-state index contributed by atoms with van der Waals surface area (Å²) in [7, 11) is 0. The molecule has 0 unspecified atom stereocenters. The zero-order valence-electron chi connectivity index (χ0n) is 17.0. The van der Waals surface area contributed by atoms with Gasteiger partial charge in [-0.05, 0) is 61.4 Å². The van der Waals surface area contributed by atoms with Crippen molar-refractivity contribution in [3.05, 3.63) is 51.7 Å². The predicted molar refractivity (Wildman–Crippen MR) is 112 cm³/mol. The van der Waals surface area contributed by atoms with Crippen LogP contribution >= 0.6 is 11.3 Å². The molecular weight excluding hydrogens is 413 g/mol. The minimum absolute atomic E-state index is 0.0534. The molecule has 0 saturated heterocycles. The lowest BCUT2D eigenvalue weighted by Gasteiger charge is -2.33. The van der Waals surface area contributed by atoms with E-state index in [1.807, 2.05) is 6.92 Å². The molecule has 1 aromatic heterocycles. The van der Waals surface area contributed by atoms with Crippen LogP contribution in [0.25, 0.3) is 0 Å². The van der Waals surface area contributed by atoms with Gasteiger partial charge in [-0.3, -0.25) is 14.5 Å². The number of nitrogens with zero attached hydrogens (tertiary/aromatic N) is 1. The van der Waals surface area contributed by atoms with Crippen LogP contribution in [0.15, 0.2) is 35.7 Å². The van der Waals surface area contributed by atoms with Crippen LogP contribution < -0.4 is 10.2 Å². The first kappa shape index (κ1) is 22.3. The van der Waals surface area contributed by atoms with Gasteiger partial charge < -0.3 is 5.32 Å². The summed E-state index contributed by atoms with van der Waals surface area (Å²) in [5, 5.41) is 4.58. The number of benzene rings is 1. The van der Waals surface area contributed by atoms with Crippen molar-refractivity contribution < 1.29 is 22.8 Å². The number of carbonyl (C=O) groups excluding carboxylic acids is 2. The standard InChI is InChI=1S/C22H25F3N2O2S/c1-14-10-11-17(13-15(14)2)27(21(29)22(23,24)25)19(18-9-6-12-30-18)20(28)26-16-7-4-3-5-8-16/h6,9-13,16,19H,3-5,7-8H2,1-2H3,(H,26,28)/t19-/m0/s1. The number of aryl methyl sites for hydroxylation is 2. The molecule has 2 aromatic rings. The largest absolute Gasteiger partial charge is 0.471 e. The second kappa shape index (κ2) is 9.20. The molecule has 1 heterocycles. The molecule has 0 radical (unpaired) electrons. The Morgan fingerprint density at radius 2 is 1.80 bits per heavy atom. The van der Waals surface area contributed by atoms with E-state index in [-0.39, 0.29) is 11.7 Å². The summed E-state index contributed by atoms with van der Waals surface area (Å²) in [6.07, 6.45) is -0.505. The van der Waals surface area contributed by atoms with Crippen LogP contribution in [0, 0.1) is 13.8 Å². The molecule has 8 heteroatoms. The summed E-state index contributed by atoms with van der Waals surface area (Å²) in [4.78, 5) is 26.7. The second-order valence-corrected chi connectivity index (χ2v) is 8.68. The fraction of sp³-hybridized carbons (Fsp3) is 0.455. The predicted octanol–water partition coefficient (Wildman–Crippen LogP) is 5.45. The quantitative estimate of drug-likeness (QED) is 0.675. The summed E-state index contributed by atoms with van der Waals surface area (Å²) < 4.78 is 40.7. The smallest absolute Gasteiger partial charge is 0.351 e. The molecule has 1 atom stereocenters. The Labute approximate surface area is 178 Å². The first-order valence-corrected chi connectivity index (χ1v) is 10.9. The maximum atomic E-state index is 13.6. The van der Waals surface area contributed by atoms with E-state index in [0.29, 0.717) is 9.78 Å². The lowest BCUT2D eigenvalue weighted by atomic mass is 9.95. The minimum Gasteiger partial charge on any atom is -0.351 e. The molecule has 30 heavy (non-hydrogen) atoms. The van der Waals surface area contributed by atoms with Crippen LogP contribution in [0.5, 0.6) is 0 Å². The highest BCUT2D eigenvalue weighted by molar-refractivity contribution is 7.10. The molecule has 0 bridgehead atoms. The number of thiophene rings is 1. The Morgan fingerprint density at radius 1 is 1.10 bits per heavy atom. The number of nitrogens with one attached hydrogen (secondary N) is 1. The van der Waals surface area contributed by atoms with Crippen molar-refractivity contribution in [3.8, 4) is 0 Å². The Bertz CT molecular complexity index is 890. The van der Waals surface area contributed by atoms with E-state index >= 15 is 0 Å². The van der Waals surface area contributed by atoms with Crippen LogP contribution in [0.2, 0.25) is 0 Å². The number of amides is 2. The number of carbonyl (C=O) groups is 2. The van der Waals surface area contributed by atoms with Crippen molar-refractivity contribution in [1.82, 2.24) is 5.32 Å². The Morgan fingerprint density at radius 3 is 2.37 bits per heavy atom. The fourth-order valence-corrected chi connectivity index (χ4v) is 4.56. The van der Waals surface area contributed by atoms with Crippen molar-refractivity contribution in [2.75, 3.05) is 4.90 Å². The maximum Gasteiger partial charge on any atom is 0.471 e. The zero-order chi connectivity index (χ0) is 21.9. The van der Waals surface area contributed by atoms with Crippen molar-refractivity contribution in [2.45, 2.75) is 64.2 Å². The third kappa shape index (κ3) is 5.03. The number of rotatable bonds is 5. The monoisotopic (exact) mass is 438 g/mol. The van der Waals surface area contributed by atoms with E-state index in [4.69, 9.17) is 0 Å². The molecule has 1 N–H and O–H groups in total. The van der Waals surface area contributed by atoms with Gasteiger partial charge in [0, 0.05) is 16.6 Å². The first-order chi connectivity index (χ1) is 14.2. The normalized spacial score (nSPS) is 16.2. The van der Waals surface area contributed by atoms with E-state index < -0.39 is 24.0 Å². The molecule has 162 valence electrons. The van der Waals surface area contributed by atoms with Crippen LogP contribution in [-0.2, 0) is 9.59 Å². The van der Waals surface area contributed by atoms with Crippen LogP contribution in [-0.4, -0.2) is 24.0 Å². The highest BCUT2D eigenvalue weighted by Crippen LogP contribution is 2.35. The molecule has 4 nitrogen and oxygen atoms in total. The molecule has 2 amide bonds. The number of halogens is 3. The van der Waals surface area contributed by atoms with Gasteiger partial charge in [0.05, 0.1) is 0 Å². The summed E-state index contributed by atoms with van der Waals surface area (Å²) >= 11 is 1.16. The first-order valence-electron chi connectivity index (χ1n) is 10.00. The molecule has 3 rings (SSSR count). The van der Waals surface area contributed by atoms with E-state index in [2.05, 4.69) is 5.32 Å². The van der Waals surface area contributed by atoms with Crippen LogP contribution in [0.4, 0.5) is 18.9 Å². The number of hydrogen-bond acceptors (Lipinski definition) is 3. The van der Waals surface area contributed by atoms with Gasteiger partial charge in [-0.25, -0.2) is 0 Å². The van der Waals surface area contributed by atoms with Crippen LogP contribution in [0.3, 0.4) is 0 Å². The molecule has 1 fully saturated rings. The van der Waals surface area contributed by atoms with Crippen LogP contribution in [0.1, 0.15) is 54.1 Å². The van der Waals surface area contributed by atoms with Crippen molar-refractivity contribution >= 4 is 28.8 Å². The van der Waals surface area contributed by atoms with Gasteiger partial charge >= 0.3 is 12.1 Å². The lowest BCUT2D eigenvalue weighted by molar-refractivity contribution is -0.171. The summed E-state index contributed by atoms with van der Waals surface area (Å²) in [5.41, 5.74) is 1.68. The van der Waals surface area contributed by atoms with Gasteiger partial charge in [-0.1, -0.05) is 31.4 Å². The molecule has 0 spiro atoms. The number of anilines is 1. The zero-order valence-corrected chi connectivity index (χ0v) is 17.8. The minimum atomic E-state index is -5.11. The highest BCUT2D eigenvalue weighted by atomic mass is 32.1. The SMILES string of the molecule is Cc1ccc(N(C(=O)C(F)(F)F)[C@H](C(=O)NC2CCCCC2)c2cccs2)cc1C. The average molecular weight is 439 g/mol. The Kier molecular flexibility index (Phi) is 6.85. The Balaban J connectivity index is 2.05. The molecule has 1 saturated carbocycles. The highest BCUT2D eigenvalue weighted by Gasteiger charge is 2.48. The van der Waals surface area contributed by atoms with Crippen molar-refractivity contribution in [3.63, 3.8) is 0 Å². The van der Waals surface area contributed by atoms with Gasteiger partial charge in [0.25, 0.3) is 0 Å². The number of alkyl halides is 3. The maximum absolute atomic E-state index is 13.6. The van der Waals surface area contributed by atoms with Gasteiger partial charge in [-0.2, -0.15) is 13.2 Å². The van der Waals surface area contributed by atoms with Gasteiger partial charge in [0.2, 0.25) is 5.91 Å². The van der Waals surface area contributed by atoms with Gasteiger partial charge in [0.15, 0.2) is 6.04 Å². The third-order valence-corrected chi connectivity index (χ3v) is 6.43. The number of hydrogen-bond donors (Lipinski definition) is 1. The second-order valence-electron chi connectivity index (χ2n) is 7.70. The van der Waals surface area contributed by atoms with E-state index in [1.54, 1.807) is 30.5 Å². The molecule has 1 aliphatic carbocycles. The van der Waals surface area contributed by atoms with E-state index in [1.165, 1.54) is 12.1 Å². The summed E-state index contributed by atoms with van der Waals surface area (Å²) in [5.74, 6) is -2.64. The van der Waals surface area contributed by atoms with Crippen molar-refractivity contribution in [2.24, 2.45) is 0 Å². The van der Waals surface area contributed by atoms with Crippen molar-refractivity contribution in [1.29, 1.82) is 0 Å². The summed E-state index contributed by atoms with van der Waals surface area (Å²) in [6, 6.07) is 6.42. The average Bonchev–Trinajstić information content (AvgIpc) is 3.22. The molecular formula is C22H25F3N2O2S. The topological polar surface area (TPSA) is 49.4 Å². The summed E-state index contributed by atoms with van der Waals surface area (Å²) in [6.45, 7) is 3.60. The third-order valence-electron chi connectivity index (χ3n) is 5.50. The molecule has 1 aliphatic rings. The van der Waals surface area contributed by atoms with Gasteiger partial charge in [0.1, 0.15) is 0 Å². The molecule has 0 aliphatic heterocycles. The van der Waals surface area contributed by atoms with Gasteiger partial charge in [-0.15, -0.1) is 11.3 Å². The lowest BCUT2D eigenvalue weighted by Crippen LogP contribution is -2.50. The van der Waals surface area contributed by atoms with E-state index in [0.717, 1.165) is 54.6 Å². The molecule has 1 aromatic carbocycles. The van der Waals surface area contributed by atoms with E-state index in [9.17, 15) is 22.8 Å².